The first kappa shape index (κ1) is 22.3. The molecule has 3 aromatic rings. The van der Waals surface area contributed by atoms with Crippen LogP contribution in [0.3, 0.4) is 0 Å². The second kappa shape index (κ2) is 10.6. The number of likely N-dealkylation sites (tertiary alicyclic amines) is 1. The number of carbonyl (C=O) groups excluding carboxylic acids is 2. The van der Waals surface area contributed by atoms with Crippen molar-refractivity contribution in [1.29, 1.82) is 0 Å². The first-order chi connectivity index (χ1) is 15.6. The minimum absolute atomic E-state index is 0.0473. The van der Waals surface area contributed by atoms with Gasteiger partial charge in [0.2, 0.25) is 11.8 Å². The number of benzene rings is 3. The zero-order valence-corrected chi connectivity index (χ0v) is 19.6. The molecule has 0 aromatic heterocycles. The minimum atomic E-state index is -0.297. The second-order valence-electron chi connectivity index (χ2n) is 8.29. The fraction of sp³-hybridized carbons (Fsp3) is 0.259. The third-order valence-electron chi connectivity index (χ3n) is 5.87. The van der Waals surface area contributed by atoms with E-state index in [0.29, 0.717) is 26.2 Å². The first-order valence-electron chi connectivity index (χ1n) is 11.0. The molecule has 1 fully saturated rings. The lowest BCUT2D eigenvalue weighted by Gasteiger charge is -2.26. The fourth-order valence-corrected chi connectivity index (χ4v) is 4.63. The number of nitrogens with zero attached hydrogens (tertiary/aromatic N) is 2. The van der Waals surface area contributed by atoms with Gasteiger partial charge in [0.05, 0.1) is 5.92 Å². The van der Waals surface area contributed by atoms with Crippen LogP contribution in [0.4, 0.5) is 0 Å². The van der Waals surface area contributed by atoms with Gasteiger partial charge in [-0.1, -0.05) is 88.7 Å². The minimum Gasteiger partial charge on any atom is -0.338 e. The van der Waals surface area contributed by atoms with Crippen LogP contribution < -0.4 is 0 Å². The summed E-state index contributed by atoms with van der Waals surface area (Å²) in [5.41, 5.74) is 3.37. The summed E-state index contributed by atoms with van der Waals surface area (Å²) in [6.07, 6.45) is 1.07. The van der Waals surface area contributed by atoms with E-state index in [1.165, 1.54) is 5.56 Å². The van der Waals surface area contributed by atoms with E-state index < -0.39 is 0 Å². The van der Waals surface area contributed by atoms with E-state index >= 15 is 0 Å². The molecule has 4 rings (SSSR count). The topological polar surface area (TPSA) is 40.6 Å². The molecule has 0 spiro atoms. The van der Waals surface area contributed by atoms with Gasteiger partial charge < -0.3 is 9.80 Å². The van der Waals surface area contributed by atoms with Crippen molar-refractivity contribution < 1.29 is 9.59 Å². The van der Waals surface area contributed by atoms with Gasteiger partial charge in [0.1, 0.15) is 0 Å². The Hall–Kier alpha value is -2.92. The maximum Gasteiger partial charge on any atom is 0.228 e. The second-order valence-corrected chi connectivity index (χ2v) is 9.20. The third-order valence-corrected chi connectivity index (χ3v) is 6.36. The molecule has 5 heteroatoms. The van der Waals surface area contributed by atoms with Crippen molar-refractivity contribution in [3.8, 4) is 0 Å². The fourth-order valence-electron chi connectivity index (χ4n) is 4.18. The lowest BCUT2D eigenvalue weighted by Crippen LogP contribution is -2.38. The zero-order chi connectivity index (χ0) is 22.3. The predicted octanol–water partition coefficient (Wildman–Crippen LogP) is 5.07. The Morgan fingerprint density at radius 1 is 0.906 bits per heavy atom. The average Bonchev–Trinajstić information content (AvgIpc) is 3.17. The van der Waals surface area contributed by atoms with Crippen molar-refractivity contribution >= 4 is 27.7 Å². The van der Waals surface area contributed by atoms with Crippen molar-refractivity contribution in [2.24, 2.45) is 5.92 Å². The van der Waals surface area contributed by atoms with Gasteiger partial charge in [0, 0.05) is 37.1 Å². The van der Waals surface area contributed by atoms with E-state index in [1.807, 2.05) is 82.6 Å². The van der Waals surface area contributed by atoms with Gasteiger partial charge >= 0.3 is 0 Å². The van der Waals surface area contributed by atoms with Crippen LogP contribution in [0.15, 0.2) is 89.4 Å². The van der Waals surface area contributed by atoms with Gasteiger partial charge in [-0.2, -0.15) is 0 Å². The summed E-state index contributed by atoms with van der Waals surface area (Å²) in [5, 5.41) is 0. The maximum absolute atomic E-state index is 13.5. The normalized spacial score (nSPS) is 15.7. The van der Waals surface area contributed by atoms with Gasteiger partial charge in [-0.3, -0.25) is 9.59 Å². The molecule has 0 saturated carbocycles. The molecule has 2 amide bonds. The lowest BCUT2D eigenvalue weighted by atomic mass is 10.1. The van der Waals surface area contributed by atoms with Gasteiger partial charge in [-0.25, -0.2) is 0 Å². The molecule has 0 radical (unpaired) electrons. The maximum atomic E-state index is 13.5. The zero-order valence-electron chi connectivity index (χ0n) is 18.0. The Labute approximate surface area is 198 Å². The molecule has 1 heterocycles. The highest BCUT2D eigenvalue weighted by molar-refractivity contribution is 9.10. The number of halogens is 1. The molecule has 3 aromatic carbocycles. The molecule has 164 valence electrons. The van der Waals surface area contributed by atoms with Gasteiger partial charge in [-0.05, 0) is 35.2 Å². The molecule has 32 heavy (non-hydrogen) atoms. The number of hydrogen-bond acceptors (Lipinski definition) is 2. The van der Waals surface area contributed by atoms with Crippen LogP contribution in [0.25, 0.3) is 0 Å². The molecule has 0 aliphatic carbocycles. The Morgan fingerprint density at radius 3 is 2.25 bits per heavy atom. The highest BCUT2D eigenvalue weighted by Crippen LogP contribution is 2.24. The molecule has 1 aliphatic heterocycles. The van der Waals surface area contributed by atoms with E-state index in [4.69, 9.17) is 0 Å². The summed E-state index contributed by atoms with van der Waals surface area (Å²) in [6.45, 7) is 2.20. The van der Waals surface area contributed by atoms with Crippen LogP contribution in [0.1, 0.15) is 23.1 Å². The van der Waals surface area contributed by atoms with E-state index in [9.17, 15) is 9.59 Å². The largest absolute Gasteiger partial charge is 0.338 e. The molecule has 1 aliphatic rings. The van der Waals surface area contributed by atoms with E-state index in [1.54, 1.807) is 0 Å². The molecule has 1 atom stereocenters. The molecule has 0 unspecified atom stereocenters. The van der Waals surface area contributed by atoms with Crippen LogP contribution in [0.5, 0.6) is 0 Å². The van der Waals surface area contributed by atoms with Crippen LogP contribution in [-0.2, 0) is 29.1 Å². The van der Waals surface area contributed by atoms with E-state index in [-0.39, 0.29) is 24.2 Å². The van der Waals surface area contributed by atoms with Gasteiger partial charge in [0.25, 0.3) is 0 Å². The van der Waals surface area contributed by atoms with Crippen molar-refractivity contribution in [2.45, 2.75) is 25.9 Å². The average molecular weight is 491 g/mol. The first-order valence-corrected chi connectivity index (χ1v) is 11.8. The summed E-state index contributed by atoms with van der Waals surface area (Å²) in [4.78, 5) is 29.9. The summed E-state index contributed by atoms with van der Waals surface area (Å²) in [7, 11) is 0. The van der Waals surface area contributed by atoms with Crippen molar-refractivity contribution in [1.82, 2.24) is 9.80 Å². The number of rotatable bonds is 8. The Bertz CT molecular complexity index is 1060. The smallest absolute Gasteiger partial charge is 0.228 e. The Balaban J connectivity index is 1.45. The summed E-state index contributed by atoms with van der Waals surface area (Å²) in [6, 6.07) is 28.2. The van der Waals surface area contributed by atoms with Crippen molar-refractivity contribution in [2.75, 3.05) is 13.1 Å². The van der Waals surface area contributed by atoms with Crippen molar-refractivity contribution in [3.63, 3.8) is 0 Å². The standard InChI is InChI=1S/C27H27BrN2O2/c28-25-13-7-12-23(16-25)19-30-20-24(17-26(30)31)27(32)29(18-22-10-5-2-6-11-22)15-14-21-8-3-1-4-9-21/h1-13,16,24H,14-15,17-20H2/t24-/m1/s1. The number of carbonyl (C=O) groups is 2. The summed E-state index contributed by atoms with van der Waals surface area (Å²) >= 11 is 3.48. The van der Waals surface area contributed by atoms with E-state index in [2.05, 4.69) is 28.1 Å². The van der Waals surface area contributed by atoms with Gasteiger partial charge in [-0.15, -0.1) is 0 Å². The van der Waals surface area contributed by atoms with Crippen LogP contribution in [0, 0.1) is 5.92 Å². The molecule has 4 nitrogen and oxygen atoms in total. The summed E-state index contributed by atoms with van der Waals surface area (Å²) in [5.74, 6) is -0.185. The molecule has 1 saturated heterocycles. The highest BCUT2D eigenvalue weighted by atomic mass is 79.9. The quantitative estimate of drug-likeness (QED) is 0.442. The Morgan fingerprint density at radius 2 is 1.56 bits per heavy atom. The highest BCUT2D eigenvalue weighted by Gasteiger charge is 2.36. The molecular formula is C27H27BrN2O2. The van der Waals surface area contributed by atoms with Crippen LogP contribution >= 0.6 is 15.9 Å². The van der Waals surface area contributed by atoms with Gasteiger partial charge in [0.15, 0.2) is 0 Å². The van der Waals surface area contributed by atoms with E-state index in [0.717, 1.165) is 22.0 Å². The lowest BCUT2D eigenvalue weighted by molar-refractivity contribution is -0.136. The molecule has 0 N–H and O–H groups in total. The molecular weight excluding hydrogens is 464 g/mol. The van der Waals surface area contributed by atoms with Crippen LogP contribution in [-0.4, -0.2) is 34.7 Å². The van der Waals surface area contributed by atoms with Crippen molar-refractivity contribution in [3.05, 3.63) is 106 Å². The monoisotopic (exact) mass is 490 g/mol. The SMILES string of the molecule is O=C1C[C@@H](C(=O)N(CCc2ccccc2)Cc2ccccc2)CN1Cc1cccc(Br)c1. The Kier molecular flexibility index (Phi) is 7.38. The summed E-state index contributed by atoms with van der Waals surface area (Å²) < 4.78 is 0.990. The predicted molar refractivity (Wildman–Crippen MR) is 130 cm³/mol. The number of amides is 2. The number of hydrogen-bond donors (Lipinski definition) is 0. The van der Waals surface area contributed by atoms with Crippen LogP contribution in [0.2, 0.25) is 0 Å². The molecule has 0 bridgehead atoms. The third kappa shape index (κ3) is 5.86.